The van der Waals surface area contributed by atoms with Gasteiger partial charge in [-0.1, -0.05) is 38.1 Å². The smallest absolute Gasteiger partial charge is 0.258 e. The normalized spacial score (nSPS) is 16.5. The molecule has 2 unspecified atom stereocenters. The van der Waals surface area contributed by atoms with Gasteiger partial charge < -0.3 is 20.1 Å². The van der Waals surface area contributed by atoms with E-state index in [-0.39, 0.29) is 30.4 Å². The zero-order valence-electron chi connectivity index (χ0n) is 18.1. The fraction of sp³-hybridized carbons (Fsp3) is 0.478. The third-order valence-corrected chi connectivity index (χ3v) is 6.18. The first-order valence-electron chi connectivity index (χ1n) is 10.6. The molecule has 0 radical (unpaired) electrons. The van der Waals surface area contributed by atoms with Crippen LogP contribution in [0.4, 0.5) is 0 Å². The molecule has 2 atom stereocenters. The van der Waals surface area contributed by atoms with Crippen molar-refractivity contribution >= 4 is 23.2 Å². The Balaban J connectivity index is 1.55. The second-order valence-corrected chi connectivity index (χ2v) is 8.79. The Morgan fingerprint density at radius 3 is 2.52 bits per heavy atom. The highest BCUT2D eigenvalue weighted by Crippen LogP contribution is 2.25. The molecule has 0 saturated carbocycles. The van der Waals surface area contributed by atoms with Crippen LogP contribution in [0, 0.1) is 5.92 Å². The van der Waals surface area contributed by atoms with Crippen molar-refractivity contribution in [1.82, 2.24) is 15.5 Å². The number of rotatable bonds is 10. The van der Waals surface area contributed by atoms with Gasteiger partial charge in [0.05, 0.1) is 19.3 Å². The van der Waals surface area contributed by atoms with Gasteiger partial charge >= 0.3 is 0 Å². The Bertz CT molecular complexity index is 807. The molecule has 2 heterocycles. The third-order valence-electron chi connectivity index (χ3n) is 5.21. The summed E-state index contributed by atoms with van der Waals surface area (Å²) < 4.78 is 11.0. The van der Waals surface area contributed by atoms with Gasteiger partial charge in [0.25, 0.3) is 5.91 Å². The van der Waals surface area contributed by atoms with E-state index in [1.807, 2.05) is 38.1 Å². The van der Waals surface area contributed by atoms with Crippen LogP contribution in [0.5, 0.6) is 5.75 Å². The Morgan fingerprint density at radius 1 is 1.13 bits per heavy atom. The molecule has 1 saturated heterocycles. The van der Waals surface area contributed by atoms with Crippen LogP contribution in [0.2, 0.25) is 0 Å². The minimum atomic E-state index is -0.624. The van der Waals surface area contributed by atoms with E-state index in [1.54, 1.807) is 23.5 Å². The number of carbonyl (C=O) groups excluding carboxylic acids is 2. The van der Waals surface area contributed by atoms with Crippen molar-refractivity contribution in [2.45, 2.75) is 25.9 Å². The van der Waals surface area contributed by atoms with E-state index in [4.69, 9.17) is 9.47 Å². The summed E-state index contributed by atoms with van der Waals surface area (Å²) in [4.78, 5) is 28.9. The number of nitrogens with one attached hydrogen (secondary N) is 2. The van der Waals surface area contributed by atoms with E-state index in [0.29, 0.717) is 25.5 Å². The molecule has 7 nitrogen and oxygen atoms in total. The molecule has 2 amide bonds. The lowest BCUT2D eigenvalue weighted by Gasteiger charge is -2.34. The highest BCUT2D eigenvalue weighted by molar-refractivity contribution is 7.10. The summed E-state index contributed by atoms with van der Waals surface area (Å²) in [6.07, 6.45) is 0. The van der Waals surface area contributed by atoms with Gasteiger partial charge in [-0.15, -0.1) is 11.3 Å². The SMILES string of the molecule is CC(C)C(NC(=O)COc1ccccc1)C(=O)NCC(c1cccs1)N1CCOCC1. The fourth-order valence-electron chi connectivity index (χ4n) is 3.50. The van der Waals surface area contributed by atoms with Crippen molar-refractivity contribution < 1.29 is 19.1 Å². The first kappa shape index (κ1) is 23.2. The summed E-state index contributed by atoms with van der Waals surface area (Å²) in [6, 6.07) is 12.7. The molecule has 168 valence electrons. The Morgan fingerprint density at radius 2 is 1.87 bits per heavy atom. The zero-order valence-corrected chi connectivity index (χ0v) is 18.9. The van der Waals surface area contributed by atoms with Crippen LogP contribution in [0.3, 0.4) is 0 Å². The second-order valence-electron chi connectivity index (χ2n) is 7.82. The highest BCUT2D eigenvalue weighted by atomic mass is 32.1. The number of thiophene rings is 1. The summed E-state index contributed by atoms with van der Waals surface area (Å²) in [6.45, 7) is 7.25. The van der Waals surface area contributed by atoms with Crippen molar-refractivity contribution in [3.8, 4) is 5.75 Å². The predicted octanol–water partition coefficient (Wildman–Crippen LogP) is 2.46. The summed E-state index contributed by atoms with van der Waals surface area (Å²) in [5.41, 5.74) is 0. The number of para-hydroxylation sites is 1. The average molecular weight is 446 g/mol. The van der Waals surface area contributed by atoms with Gasteiger partial charge in [0, 0.05) is 24.5 Å². The number of hydrogen-bond acceptors (Lipinski definition) is 6. The number of ether oxygens (including phenoxy) is 2. The molecule has 1 aliphatic heterocycles. The van der Waals surface area contributed by atoms with Gasteiger partial charge in [-0.05, 0) is 29.5 Å². The minimum absolute atomic E-state index is 0.0516. The van der Waals surface area contributed by atoms with Crippen molar-refractivity contribution in [2.75, 3.05) is 39.5 Å². The van der Waals surface area contributed by atoms with Crippen molar-refractivity contribution in [3.63, 3.8) is 0 Å². The van der Waals surface area contributed by atoms with Crippen molar-refractivity contribution in [2.24, 2.45) is 5.92 Å². The molecule has 0 spiro atoms. The summed E-state index contributed by atoms with van der Waals surface area (Å²) in [5, 5.41) is 7.93. The summed E-state index contributed by atoms with van der Waals surface area (Å²) >= 11 is 1.69. The number of amides is 2. The van der Waals surface area contributed by atoms with Gasteiger partial charge in [-0.3, -0.25) is 14.5 Å². The van der Waals surface area contributed by atoms with E-state index < -0.39 is 6.04 Å². The van der Waals surface area contributed by atoms with Gasteiger partial charge in [0.15, 0.2) is 6.61 Å². The lowest BCUT2D eigenvalue weighted by atomic mass is 10.0. The van der Waals surface area contributed by atoms with E-state index >= 15 is 0 Å². The number of nitrogens with zero attached hydrogens (tertiary/aromatic N) is 1. The number of morpholine rings is 1. The molecule has 1 aromatic carbocycles. The number of hydrogen-bond donors (Lipinski definition) is 2. The number of benzene rings is 1. The van der Waals surface area contributed by atoms with Gasteiger partial charge in [0.2, 0.25) is 5.91 Å². The minimum Gasteiger partial charge on any atom is -0.484 e. The topological polar surface area (TPSA) is 79.9 Å². The molecular formula is C23H31N3O4S. The molecule has 31 heavy (non-hydrogen) atoms. The van der Waals surface area contributed by atoms with Crippen molar-refractivity contribution in [3.05, 3.63) is 52.7 Å². The lowest BCUT2D eigenvalue weighted by molar-refractivity contribution is -0.131. The Hall–Kier alpha value is -2.42. The Kier molecular flexibility index (Phi) is 8.87. The van der Waals surface area contributed by atoms with Crippen LogP contribution < -0.4 is 15.4 Å². The first-order chi connectivity index (χ1) is 15.0. The Labute approximate surface area is 187 Å². The molecule has 1 aliphatic rings. The van der Waals surface area contributed by atoms with Crippen molar-refractivity contribution in [1.29, 1.82) is 0 Å². The molecule has 1 aromatic heterocycles. The molecule has 2 aromatic rings. The fourth-order valence-corrected chi connectivity index (χ4v) is 4.36. The van der Waals surface area contributed by atoms with E-state index in [9.17, 15) is 9.59 Å². The summed E-state index contributed by atoms with van der Waals surface area (Å²) in [7, 11) is 0. The standard InChI is InChI=1S/C23H31N3O4S/c1-17(2)22(25-21(27)16-30-18-7-4-3-5-8-18)23(28)24-15-19(20-9-6-14-31-20)26-10-12-29-13-11-26/h3-9,14,17,19,22H,10-13,15-16H2,1-2H3,(H,24,28)(H,25,27). The average Bonchev–Trinajstić information content (AvgIpc) is 3.32. The van der Waals surface area contributed by atoms with Crippen LogP contribution >= 0.6 is 11.3 Å². The third kappa shape index (κ3) is 7.05. The molecule has 1 fully saturated rings. The largest absolute Gasteiger partial charge is 0.484 e. The van der Waals surface area contributed by atoms with E-state index in [2.05, 4.69) is 27.0 Å². The van der Waals surface area contributed by atoms with Gasteiger partial charge in [0.1, 0.15) is 11.8 Å². The molecule has 2 N–H and O–H groups in total. The van der Waals surface area contributed by atoms with Crippen LogP contribution in [0.15, 0.2) is 47.8 Å². The monoisotopic (exact) mass is 445 g/mol. The summed E-state index contributed by atoms with van der Waals surface area (Å²) in [5.74, 6) is 0.0651. The highest BCUT2D eigenvalue weighted by Gasteiger charge is 2.28. The van der Waals surface area contributed by atoms with E-state index in [0.717, 1.165) is 13.1 Å². The molecule has 8 heteroatoms. The van der Waals surface area contributed by atoms with Gasteiger partial charge in [-0.2, -0.15) is 0 Å². The number of carbonyl (C=O) groups is 2. The quantitative estimate of drug-likeness (QED) is 0.587. The van der Waals surface area contributed by atoms with Crippen LogP contribution in [0.1, 0.15) is 24.8 Å². The maximum absolute atomic E-state index is 12.9. The van der Waals surface area contributed by atoms with Gasteiger partial charge in [-0.25, -0.2) is 0 Å². The predicted molar refractivity (Wildman–Crippen MR) is 121 cm³/mol. The van der Waals surface area contributed by atoms with Crippen LogP contribution in [-0.4, -0.2) is 62.2 Å². The molecular weight excluding hydrogens is 414 g/mol. The maximum atomic E-state index is 12.9. The zero-order chi connectivity index (χ0) is 22.1. The molecule has 0 bridgehead atoms. The van der Waals surface area contributed by atoms with Crippen LogP contribution in [-0.2, 0) is 14.3 Å². The van der Waals surface area contributed by atoms with E-state index in [1.165, 1.54) is 4.88 Å². The second kappa shape index (κ2) is 11.8. The van der Waals surface area contributed by atoms with Crippen LogP contribution in [0.25, 0.3) is 0 Å². The maximum Gasteiger partial charge on any atom is 0.258 e. The first-order valence-corrected chi connectivity index (χ1v) is 11.5. The lowest BCUT2D eigenvalue weighted by Crippen LogP contribution is -2.52. The molecule has 3 rings (SSSR count). The molecule has 0 aliphatic carbocycles.